The lowest BCUT2D eigenvalue weighted by atomic mass is 10.1. The van der Waals surface area contributed by atoms with Gasteiger partial charge in [0.1, 0.15) is 0 Å². The Hall–Kier alpha value is 0.217. The van der Waals surface area contributed by atoms with Gasteiger partial charge >= 0.3 is 0 Å². The molecule has 0 saturated heterocycles. The maximum Gasteiger partial charge on any atom is 0.0197 e. The number of hydrogen-bond acceptors (Lipinski definition) is 0. The van der Waals surface area contributed by atoms with Gasteiger partial charge in [-0.15, -0.1) is 0 Å². The molecular weight excluding hydrogens is 292 g/mol. The third kappa shape index (κ3) is 22.2. The maximum atomic E-state index is 2.30. The van der Waals surface area contributed by atoms with E-state index in [0.717, 1.165) is 0 Å². The van der Waals surface area contributed by atoms with E-state index in [2.05, 4.69) is 13.8 Å². The highest BCUT2D eigenvalue weighted by Gasteiger charge is 1.95. The first-order valence-corrected chi connectivity index (χ1v) is 13.4. The summed E-state index contributed by atoms with van der Waals surface area (Å²) in [5, 5.41) is 0. The fourth-order valence-corrected chi connectivity index (χ4v) is 5.27. The van der Waals surface area contributed by atoms with Crippen LogP contribution >= 0.6 is 0 Å². The summed E-state index contributed by atoms with van der Waals surface area (Å²) in [5.74, 6) is 0. The quantitative estimate of drug-likeness (QED) is 0.155. The van der Waals surface area contributed by atoms with Crippen molar-refractivity contribution in [2.24, 2.45) is 0 Å². The summed E-state index contributed by atoms with van der Waals surface area (Å²) in [7, 11) is 0.310. The molecule has 0 aliphatic rings. The maximum absolute atomic E-state index is 2.30. The molecule has 0 aromatic heterocycles. The lowest BCUT2D eigenvalue weighted by Gasteiger charge is -2.03. The van der Waals surface area contributed by atoms with Gasteiger partial charge < -0.3 is 0 Å². The second kappa shape index (κ2) is 22.2. The summed E-state index contributed by atoms with van der Waals surface area (Å²) in [6.07, 6.45) is 26.8. The molecule has 1 heteroatoms. The first-order valence-electron chi connectivity index (χ1n) is 11.4. The van der Waals surface area contributed by atoms with Gasteiger partial charge in [-0.05, 0) is 0 Å². The predicted octanol–water partition coefficient (Wildman–Crippen LogP) is 8.05. The van der Waals surface area contributed by atoms with Crippen molar-refractivity contribution in [1.82, 2.24) is 0 Å². The summed E-state index contributed by atoms with van der Waals surface area (Å²) >= 11 is 0. The Labute approximate surface area is 151 Å². The zero-order chi connectivity index (χ0) is 16.8. The molecule has 0 bridgehead atoms. The van der Waals surface area contributed by atoms with Gasteiger partial charge in [-0.2, -0.15) is 0 Å². The standard InChI is InChI=1S/C22H48Si/c1-3-5-7-9-11-13-15-17-19-21-23-22-20-18-16-14-12-10-8-6-4-2/h3-23H2,1-2H3. The van der Waals surface area contributed by atoms with Crippen LogP contribution in [0.1, 0.15) is 129 Å². The topological polar surface area (TPSA) is 0 Å². The molecule has 0 rings (SSSR count). The molecule has 0 aliphatic heterocycles. The first kappa shape index (κ1) is 23.2. The molecule has 0 radical (unpaired) electrons. The van der Waals surface area contributed by atoms with Gasteiger partial charge in [0.25, 0.3) is 0 Å². The average molecular weight is 341 g/mol. The minimum atomic E-state index is 0.310. The molecule has 0 aromatic carbocycles. The Morgan fingerprint density at radius 3 is 0.913 bits per heavy atom. The van der Waals surface area contributed by atoms with Gasteiger partial charge in [0, 0.05) is 9.52 Å². The van der Waals surface area contributed by atoms with Gasteiger partial charge in [-0.3, -0.25) is 0 Å². The Kier molecular flexibility index (Phi) is 22.4. The van der Waals surface area contributed by atoms with Gasteiger partial charge in [-0.25, -0.2) is 0 Å². The van der Waals surface area contributed by atoms with Crippen molar-refractivity contribution in [1.29, 1.82) is 0 Å². The van der Waals surface area contributed by atoms with Crippen LogP contribution in [0.25, 0.3) is 0 Å². The summed E-state index contributed by atoms with van der Waals surface area (Å²) in [5.41, 5.74) is 0. The molecule has 0 N–H and O–H groups in total. The SMILES string of the molecule is CCCCCCCCCCC[SiH2]CCCCCCCCCCC. The van der Waals surface area contributed by atoms with Crippen LogP contribution in [0.15, 0.2) is 0 Å². The molecule has 0 spiro atoms. The molecule has 0 atom stereocenters. The fraction of sp³-hybridized carbons (Fsp3) is 1.00. The summed E-state index contributed by atoms with van der Waals surface area (Å²) in [6, 6.07) is 3.26. The van der Waals surface area contributed by atoms with Crippen LogP contribution in [0.2, 0.25) is 12.1 Å². The lowest BCUT2D eigenvalue weighted by Crippen LogP contribution is -1.90. The highest BCUT2D eigenvalue weighted by Crippen LogP contribution is 2.13. The Morgan fingerprint density at radius 1 is 0.348 bits per heavy atom. The van der Waals surface area contributed by atoms with Crippen LogP contribution < -0.4 is 0 Å². The van der Waals surface area contributed by atoms with Crippen LogP contribution in [-0.4, -0.2) is 9.52 Å². The average Bonchev–Trinajstić information content (AvgIpc) is 2.57. The van der Waals surface area contributed by atoms with E-state index in [1.54, 1.807) is 24.9 Å². The smallest absolute Gasteiger partial charge is 0.0197 e. The highest BCUT2D eigenvalue weighted by atomic mass is 28.2. The van der Waals surface area contributed by atoms with Crippen molar-refractivity contribution in [3.8, 4) is 0 Å². The second-order valence-corrected chi connectivity index (χ2v) is 9.84. The summed E-state index contributed by atoms with van der Waals surface area (Å²) < 4.78 is 0. The zero-order valence-electron chi connectivity index (χ0n) is 16.8. The van der Waals surface area contributed by atoms with E-state index in [1.807, 2.05) is 0 Å². The van der Waals surface area contributed by atoms with Crippen LogP contribution in [0.4, 0.5) is 0 Å². The van der Waals surface area contributed by atoms with Gasteiger partial charge in [0.05, 0.1) is 0 Å². The van der Waals surface area contributed by atoms with Gasteiger partial charge in [-0.1, -0.05) is 142 Å². The molecule has 0 amide bonds. The van der Waals surface area contributed by atoms with Crippen LogP contribution in [0, 0.1) is 0 Å². The third-order valence-corrected chi connectivity index (χ3v) is 7.21. The molecule has 0 nitrogen and oxygen atoms in total. The van der Waals surface area contributed by atoms with Gasteiger partial charge in [0.2, 0.25) is 0 Å². The van der Waals surface area contributed by atoms with E-state index in [0.29, 0.717) is 9.52 Å². The molecule has 0 unspecified atom stereocenters. The van der Waals surface area contributed by atoms with Crippen molar-refractivity contribution in [2.75, 3.05) is 0 Å². The van der Waals surface area contributed by atoms with Crippen LogP contribution in [0.5, 0.6) is 0 Å². The first-order chi connectivity index (χ1) is 11.4. The summed E-state index contributed by atoms with van der Waals surface area (Å²) in [6.45, 7) is 4.61. The second-order valence-electron chi connectivity index (χ2n) is 7.72. The van der Waals surface area contributed by atoms with E-state index in [-0.39, 0.29) is 0 Å². The number of rotatable bonds is 20. The molecule has 0 heterocycles. The van der Waals surface area contributed by atoms with Crippen molar-refractivity contribution < 1.29 is 0 Å². The minimum absolute atomic E-state index is 0.310. The number of unbranched alkanes of at least 4 members (excludes halogenated alkanes) is 16. The van der Waals surface area contributed by atoms with Crippen molar-refractivity contribution in [3.05, 3.63) is 0 Å². The van der Waals surface area contributed by atoms with Crippen molar-refractivity contribution in [3.63, 3.8) is 0 Å². The van der Waals surface area contributed by atoms with Crippen LogP contribution in [0.3, 0.4) is 0 Å². The molecule has 0 aliphatic carbocycles. The van der Waals surface area contributed by atoms with Gasteiger partial charge in [0.15, 0.2) is 0 Å². The van der Waals surface area contributed by atoms with Crippen LogP contribution in [-0.2, 0) is 0 Å². The van der Waals surface area contributed by atoms with Crippen molar-refractivity contribution in [2.45, 2.75) is 142 Å². The third-order valence-electron chi connectivity index (χ3n) is 5.21. The van der Waals surface area contributed by atoms with Crippen molar-refractivity contribution >= 4 is 9.52 Å². The zero-order valence-corrected chi connectivity index (χ0v) is 18.3. The largest absolute Gasteiger partial charge is 0.0654 e. The minimum Gasteiger partial charge on any atom is -0.0654 e. The molecule has 0 aromatic rings. The fourth-order valence-electron chi connectivity index (χ4n) is 3.51. The van der Waals surface area contributed by atoms with E-state index in [4.69, 9.17) is 0 Å². The van der Waals surface area contributed by atoms with E-state index in [9.17, 15) is 0 Å². The highest BCUT2D eigenvalue weighted by molar-refractivity contribution is 6.35. The normalized spacial score (nSPS) is 11.2. The molecule has 23 heavy (non-hydrogen) atoms. The van der Waals surface area contributed by atoms with E-state index in [1.165, 1.54) is 103 Å². The van der Waals surface area contributed by atoms with E-state index < -0.39 is 0 Å². The predicted molar refractivity (Wildman–Crippen MR) is 113 cm³/mol. The Balaban J connectivity index is 2.92. The molecule has 0 fully saturated rings. The molecular formula is C22H48Si. The summed E-state index contributed by atoms with van der Waals surface area (Å²) in [4.78, 5) is 0. The Bertz CT molecular complexity index is 170. The number of hydrogen-bond donors (Lipinski definition) is 0. The monoisotopic (exact) mass is 340 g/mol. The Morgan fingerprint density at radius 2 is 0.609 bits per heavy atom. The molecule has 0 saturated carbocycles. The lowest BCUT2D eigenvalue weighted by molar-refractivity contribution is 0.569. The molecule has 140 valence electrons. The van der Waals surface area contributed by atoms with E-state index >= 15 is 0 Å².